The van der Waals surface area contributed by atoms with Crippen LogP contribution < -0.4 is 10.6 Å². The average Bonchev–Trinajstić information content (AvgIpc) is 3.08. The van der Waals surface area contributed by atoms with Crippen molar-refractivity contribution in [1.29, 1.82) is 0 Å². The van der Waals surface area contributed by atoms with Crippen LogP contribution in [0, 0.1) is 0 Å². The SMILES string of the molecule is CC(=O)NC1[C@@H](OP(=O)(O)OP(=O)(O)OC/C=C(/C)CC/C=C(\C)CCC=C(C)C)O[C@H](CO)[C@@H](O[C@H]2O[C@H](CO)[C@@H](O)[C@H](O)[C@H]2NC(C)=O)[C@@H]1O[C@H](C)C(C)=O. The third kappa shape index (κ3) is 17.1. The molecule has 2 saturated heterocycles. The summed E-state index contributed by atoms with van der Waals surface area (Å²) >= 11 is 0. The van der Waals surface area contributed by atoms with Gasteiger partial charge < -0.3 is 59.8 Å². The van der Waals surface area contributed by atoms with E-state index in [9.17, 15) is 53.7 Å². The molecule has 20 nitrogen and oxygen atoms in total. The number of allylic oxidation sites excluding steroid dienone is 5. The minimum absolute atomic E-state index is 0.479. The fourth-order valence-electron chi connectivity index (χ4n) is 5.84. The Morgan fingerprint density at radius 1 is 0.737 bits per heavy atom. The zero-order chi connectivity index (χ0) is 43.2. The zero-order valence-corrected chi connectivity index (χ0v) is 35.3. The van der Waals surface area contributed by atoms with Crippen LogP contribution in [0.4, 0.5) is 0 Å². The molecule has 0 aromatic heterocycles. The topological polar surface area (TPSA) is 295 Å². The van der Waals surface area contributed by atoms with Crippen LogP contribution in [-0.2, 0) is 55.8 Å². The molecule has 57 heavy (non-hydrogen) atoms. The Labute approximate surface area is 332 Å². The fourth-order valence-corrected chi connectivity index (χ4v) is 7.94. The van der Waals surface area contributed by atoms with Crippen molar-refractivity contribution in [3.63, 3.8) is 0 Å². The third-order valence-corrected chi connectivity index (χ3v) is 11.5. The standard InChI is InChI=1S/C35H60N2O18P2/c1-19(2)11-9-12-20(3)13-10-14-21(4)15-16-49-56(45,46)55-57(47,48)54-35-29(37-25(8)42)33(50-23(6)22(5)40)32(27(18-39)52-35)53-34-28(36-24(7)41)31(44)30(43)26(17-38)51-34/h11,13,15,23,26-35,38-39,43-44H,9-10,12,14,16-18H2,1-8H3,(H,36,41)(H,37,42)(H,45,46)(H,47,48)/b20-13+,21-15-/t23-,26-,27-,28-,29?,30-,31-,32-,33-,34-,35-/m1/s1. The van der Waals surface area contributed by atoms with Crippen LogP contribution in [0.2, 0.25) is 0 Å². The van der Waals surface area contributed by atoms with Gasteiger partial charge in [0, 0.05) is 13.8 Å². The van der Waals surface area contributed by atoms with Crippen LogP contribution in [0.1, 0.15) is 81.1 Å². The first-order valence-corrected chi connectivity index (χ1v) is 21.4. The number of Topliss-reactive ketones (excluding diaryl/α,β-unsaturated/α-hetero) is 1. The van der Waals surface area contributed by atoms with E-state index in [1.165, 1.54) is 31.1 Å². The van der Waals surface area contributed by atoms with E-state index in [0.29, 0.717) is 12.8 Å². The van der Waals surface area contributed by atoms with Gasteiger partial charge in [-0.25, -0.2) is 9.13 Å². The first-order chi connectivity index (χ1) is 26.5. The maximum atomic E-state index is 13.2. The summed E-state index contributed by atoms with van der Waals surface area (Å²) in [4.78, 5) is 57.8. The lowest BCUT2D eigenvalue weighted by molar-refractivity contribution is -0.331. The lowest BCUT2D eigenvalue weighted by Crippen LogP contribution is -2.70. The molecule has 8 N–H and O–H groups in total. The van der Waals surface area contributed by atoms with E-state index in [1.807, 2.05) is 20.8 Å². The predicted octanol–water partition coefficient (Wildman–Crippen LogP) is 1.57. The van der Waals surface area contributed by atoms with E-state index >= 15 is 0 Å². The normalized spacial score (nSPS) is 31.1. The lowest BCUT2D eigenvalue weighted by atomic mass is 9.94. The van der Waals surface area contributed by atoms with Gasteiger partial charge in [-0.3, -0.25) is 23.4 Å². The maximum Gasteiger partial charge on any atom is 0.483 e. The number of aliphatic hydroxyl groups excluding tert-OH is 4. The lowest BCUT2D eigenvalue weighted by Gasteiger charge is -2.49. The number of carbonyl (C=O) groups excluding carboxylic acids is 3. The van der Waals surface area contributed by atoms with Crippen LogP contribution in [-0.4, -0.2) is 135 Å². The molecular formula is C35H60N2O18P2. The molecule has 0 aromatic rings. The van der Waals surface area contributed by atoms with Gasteiger partial charge in [0.15, 0.2) is 18.4 Å². The van der Waals surface area contributed by atoms with Gasteiger partial charge in [-0.15, -0.1) is 0 Å². The van der Waals surface area contributed by atoms with Crippen molar-refractivity contribution in [2.24, 2.45) is 0 Å². The summed E-state index contributed by atoms with van der Waals surface area (Å²) in [7, 11) is -11.0. The predicted molar refractivity (Wildman–Crippen MR) is 202 cm³/mol. The van der Waals surface area contributed by atoms with Gasteiger partial charge in [-0.2, -0.15) is 4.31 Å². The number of ketones is 1. The van der Waals surface area contributed by atoms with E-state index in [0.717, 1.165) is 32.3 Å². The summed E-state index contributed by atoms with van der Waals surface area (Å²) in [5, 5.41) is 46.2. The van der Waals surface area contributed by atoms with Crippen molar-refractivity contribution < 1.29 is 86.0 Å². The number of nitrogens with one attached hydrogen (secondary N) is 2. The highest BCUT2D eigenvalue weighted by Crippen LogP contribution is 2.61. The van der Waals surface area contributed by atoms with Crippen LogP contribution in [0.15, 0.2) is 34.9 Å². The second-order valence-corrected chi connectivity index (χ2v) is 17.2. The molecule has 0 spiro atoms. The number of phosphoric ester groups is 2. The van der Waals surface area contributed by atoms with Gasteiger partial charge in [-0.05, 0) is 67.2 Å². The zero-order valence-electron chi connectivity index (χ0n) is 33.5. The number of hydrogen-bond donors (Lipinski definition) is 8. The Balaban J connectivity index is 2.32. The van der Waals surface area contributed by atoms with Gasteiger partial charge >= 0.3 is 15.6 Å². The summed E-state index contributed by atoms with van der Waals surface area (Å²) in [6, 6.07) is -3.20. The number of rotatable bonds is 22. The van der Waals surface area contributed by atoms with E-state index < -0.39 is 120 Å². The van der Waals surface area contributed by atoms with Gasteiger partial charge in [0.05, 0.1) is 19.8 Å². The molecule has 2 aliphatic heterocycles. The first-order valence-electron chi connectivity index (χ1n) is 18.4. The van der Waals surface area contributed by atoms with Crippen LogP contribution in [0.25, 0.3) is 0 Å². The molecule has 328 valence electrons. The second-order valence-electron chi connectivity index (χ2n) is 14.2. The van der Waals surface area contributed by atoms with Crippen LogP contribution >= 0.6 is 15.6 Å². The molecule has 0 aromatic carbocycles. The largest absolute Gasteiger partial charge is 0.483 e. The molecule has 2 fully saturated rings. The van der Waals surface area contributed by atoms with Crippen molar-refractivity contribution in [2.45, 2.75) is 148 Å². The summed E-state index contributed by atoms with van der Waals surface area (Å²) in [5.74, 6) is -2.02. The Kier molecular flexibility index (Phi) is 21.0. The molecule has 22 heteroatoms. The number of carbonyl (C=O) groups is 3. The van der Waals surface area contributed by atoms with Crippen LogP contribution in [0.3, 0.4) is 0 Å². The Hall–Kier alpha value is -2.23. The Morgan fingerprint density at radius 2 is 1.28 bits per heavy atom. The highest BCUT2D eigenvalue weighted by Gasteiger charge is 2.55. The Bertz CT molecular complexity index is 1540. The average molecular weight is 859 g/mol. The molecule has 13 atom stereocenters. The van der Waals surface area contributed by atoms with E-state index in [-0.39, 0.29) is 0 Å². The molecule has 2 heterocycles. The molecule has 2 rings (SSSR count). The molecular weight excluding hydrogens is 798 g/mol. The molecule has 0 aliphatic carbocycles. The van der Waals surface area contributed by atoms with Crippen molar-refractivity contribution in [3.05, 3.63) is 34.9 Å². The first kappa shape index (κ1) is 50.9. The number of phosphoric acid groups is 2. The summed E-state index contributed by atoms with van der Waals surface area (Å²) in [6.45, 7) is 10.3. The van der Waals surface area contributed by atoms with Crippen molar-refractivity contribution >= 4 is 33.2 Å². The maximum absolute atomic E-state index is 13.2. The Morgan fingerprint density at radius 3 is 1.82 bits per heavy atom. The van der Waals surface area contributed by atoms with Gasteiger partial charge in [0.25, 0.3) is 0 Å². The quantitative estimate of drug-likeness (QED) is 0.0566. The number of aliphatic hydroxyl groups is 4. The molecule has 0 radical (unpaired) electrons. The second kappa shape index (κ2) is 23.5. The molecule has 2 aliphatic rings. The van der Waals surface area contributed by atoms with Crippen molar-refractivity contribution in [2.75, 3.05) is 19.8 Å². The molecule has 0 bridgehead atoms. The smallest absolute Gasteiger partial charge is 0.394 e. The van der Waals surface area contributed by atoms with Gasteiger partial charge in [0.2, 0.25) is 11.8 Å². The van der Waals surface area contributed by atoms with E-state index in [1.54, 1.807) is 6.92 Å². The van der Waals surface area contributed by atoms with E-state index in [2.05, 4.69) is 27.1 Å². The number of ether oxygens (including phenoxy) is 4. The number of amides is 2. The molecule has 2 amide bonds. The van der Waals surface area contributed by atoms with E-state index in [4.69, 9.17) is 28.0 Å². The summed E-state index contributed by atoms with van der Waals surface area (Å²) < 4.78 is 63.9. The summed E-state index contributed by atoms with van der Waals surface area (Å²) in [5.41, 5.74) is 3.27. The highest BCUT2D eigenvalue weighted by molar-refractivity contribution is 7.61. The highest BCUT2D eigenvalue weighted by atomic mass is 31.3. The van der Waals surface area contributed by atoms with Crippen LogP contribution in [0.5, 0.6) is 0 Å². The van der Waals surface area contributed by atoms with Crippen molar-refractivity contribution in [1.82, 2.24) is 10.6 Å². The third-order valence-electron chi connectivity index (χ3n) is 8.91. The number of hydrogen-bond acceptors (Lipinski definition) is 16. The van der Waals surface area contributed by atoms with Gasteiger partial charge in [0.1, 0.15) is 54.8 Å². The monoisotopic (exact) mass is 858 g/mol. The molecule has 3 unspecified atom stereocenters. The fraction of sp³-hybridized carbons (Fsp3) is 0.743. The van der Waals surface area contributed by atoms with Gasteiger partial charge in [-0.1, -0.05) is 34.9 Å². The minimum atomic E-state index is -5.65. The summed E-state index contributed by atoms with van der Waals surface area (Å²) in [6.07, 6.45) is -5.96. The molecule has 0 saturated carbocycles. The van der Waals surface area contributed by atoms with Crippen molar-refractivity contribution in [3.8, 4) is 0 Å². The minimum Gasteiger partial charge on any atom is -0.394 e.